The molecule has 1 aromatic carbocycles. The first-order valence-electron chi connectivity index (χ1n) is 3.47. The third kappa shape index (κ3) is 1.03. The minimum Gasteiger partial charge on any atom is -0.751 e. The Morgan fingerprint density at radius 1 is 1.31 bits per heavy atom. The molecule has 0 bridgehead atoms. The van der Waals surface area contributed by atoms with E-state index in [0.717, 1.165) is 0 Å². The molecule has 1 aliphatic rings. The zero-order valence-electron chi connectivity index (χ0n) is 6.28. The molecule has 0 aromatic heterocycles. The fourth-order valence-corrected chi connectivity index (χ4v) is 1.36. The van der Waals surface area contributed by atoms with E-state index in [1.807, 2.05) is 0 Å². The number of carbonyl (C=O) groups excluding carboxylic acids is 2. The Bertz CT molecular complexity index is 416. The number of Topliss-reactive ketones (excluding diaryl/α,β-unsaturated/α-hetero) is 1. The van der Waals surface area contributed by atoms with Crippen LogP contribution in [0.5, 0.6) is 0 Å². The Hall–Kier alpha value is -1.39. The number of benzene rings is 1. The number of ketones is 1. The van der Waals surface area contributed by atoms with Gasteiger partial charge in [-0.05, 0) is 18.2 Å². The SMILES string of the molecule is O=C1C(=O)N([O-])c2ccc(Cl)cc21. The van der Waals surface area contributed by atoms with Crippen molar-refractivity contribution in [1.82, 2.24) is 0 Å². The van der Waals surface area contributed by atoms with Gasteiger partial charge in [-0.15, -0.1) is 0 Å². The summed E-state index contributed by atoms with van der Waals surface area (Å²) in [6, 6.07) is 4.12. The van der Waals surface area contributed by atoms with E-state index in [0.29, 0.717) is 5.02 Å². The molecule has 1 amide bonds. The van der Waals surface area contributed by atoms with Gasteiger partial charge < -0.3 is 10.3 Å². The molecule has 4 nitrogen and oxygen atoms in total. The van der Waals surface area contributed by atoms with Crippen LogP contribution in [0.3, 0.4) is 0 Å². The van der Waals surface area contributed by atoms with Gasteiger partial charge in [0.15, 0.2) is 0 Å². The maximum Gasteiger partial charge on any atom is 0.288 e. The van der Waals surface area contributed by atoms with Crippen molar-refractivity contribution in [3.05, 3.63) is 34.0 Å². The number of nitrogens with zero attached hydrogens (tertiary/aromatic N) is 1. The largest absolute Gasteiger partial charge is 0.751 e. The van der Waals surface area contributed by atoms with Crippen LogP contribution < -0.4 is 5.06 Å². The lowest BCUT2D eigenvalue weighted by molar-refractivity contribution is -0.113. The third-order valence-electron chi connectivity index (χ3n) is 1.80. The predicted octanol–water partition coefficient (Wildman–Crippen LogP) is 1.37. The molecule has 0 atom stereocenters. The Labute approximate surface area is 78.3 Å². The van der Waals surface area contributed by atoms with Crippen LogP contribution in [0.1, 0.15) is 10.4 Å². The van der Waals surface area contributed by atoms with E-state index in [4.69, 9.17) is 11.6 Å². The molecule has 0 saturated heterocycles. The van der Waals surface area contributed by atoms with Crippen molar-refractivity contribution in [3.63, 3.8) is 0 Å². The van der Waals surface area contributed by atoms with E-state index in [9.17, 15) is 14.8 Å². The highest BCUT2D eigenvalue weighted by atomic mass is 35.5. The van der Waals surface area contributed by atoms with Crippen LogP contribution in [-0.4, -0.2) is 11.7 Å². The second-order valence-corrected chi connectivity index (χ2v) is 3.03. The fraction of sp³-hybridized carbons (Fsp3) is 0. The molecular weight excluding hydrogens is 194 g/mol. The quantitative estimate of drug-likeness (QED) is 0.589. The Morgan fingerprint density at radius 3 is 2.69 bits per heavy atom. The van der Waals surface area contributed by atoms with Crippen LogP contribution in [0.2, 0.25) is 5.02 Å². The molecule has 0 spiro atoms. The van der Waals surface area contributed by atoms with Crippen molar-refractivity contribution in [1.29, 1.82) is 0 Å². The Balaban J connectivity index is 2.67. The second-order valence-electron chi connectivity index (χ2n) is 2.59. The Kier molecular flexibility index (Phi) is 1.61. The number of carbonyl (C=O) groups is 2. The van der Waals surface area contributed by atoms with Gasteiger partial charge in [0.2, 0.25) is 0 Å². The van der Waals surface area contributed by atoms with Crippen LogP contribution >= 0.6 is 11.6 Å². The second kappa shape index (κ2) is 2.55. The van der Waals surface area contributed by atoms with E-state index in [1.165, 1.54) is 18.2 Å². The summed E-state index contributed by atoms with van der Waals surface area (Å²) in [5.74, 6) is -1.86. The van der Waals surface area contributed by atoms with E-state index in [-0.39, 0.29) is 16.3 Å². The number of fused-ring (bicyclic) bond motifs is 1. The summed E-state index contributed by atoms with van der Waals surface area (Å²) in [6.07, 6.45) is 0. The summed E-state index contributed by atoms with van der Waals surface area (Å²) in [4.78, 5) is 22.0. The van der Waals surface area contributed by atoms with Gasteiger partial charge in [0.05, 0.1) is 5.56 Å². The van der Waals surface area contributed by atoms with E-state index in [1.54, 1.807) is 0 Å². The predicted molar refractivity (Wildman–Crippen MR) is 46.6 cm³/mol. The van der Waals surface area contributed by atoms with Crippen molar-refractivity contribution >= 4 is 29.0 Å². The van der Waals surface area contributed by atoms with Crippen LogP contribution in [0, 0.1) is 5.21 Å². The lowest BCUT2D eigenvalue weighted by Crippen LogP contribution is -2.22. The lowest BCUT2D eigenvalue weighted by atomic mass is 10.1. The van der Waals surface area contributed by atoms with Gasteiger partial charge in [0, 0.05) is 10.7 Å². The number of amides is 1. The first kappa shape index (κ1) is 8.22. The molecule has 2 rings (SSSR count). The zero-order valence-corrected chi connectivity index (χ0v) is 7.04. The first-order chi connectivity index (χ1) is 6.11. The summed E-state index contributed by atoms with van der Waals surface area (Å²) in [5, 5.41) is 11.4. The standard InChI is InChI=1S/C8H3ClNO3/c9-4-1-2-6-5(3-4)7(11)8(12)10(6)13/h1-3H/q-1. The molecule has 0 fully saturated rings. The molecule has 0 saturated carbocycles. The number of rotatable bonds is 0. The molecule has 5 heteroatoms. The smallest absolute Gasteiger partial charge is 0.288 e. The first-order valence-corrected chi connectivity index (χ1v) is 3.84. The van der Waals surface area contributed by atoms with Gasteiger partial charge in [0.1, 0.15) is 0 Å². The molecule has 13 heavy (non-hydrogen) atoms. The minimum absolute atomic E-state index is 0.0689. The van der Waals surface area contributed by atoms with Crippen LogP contribution in [0.25, 0.3) is 0 Å². The fourth-order valence-electron chi connectivity index (χ4n) is 1.18. The van der Waals surface area contributed by atoms with E-state index in [2.05, 4.69) is 0 Å². The molecular formula is C8H3ClNO3-. The molecule has 0 unspecified atom stereocenters. The maximum atomic E-state index is 11.1. The van der Waals surface area contributed by atoms with Gasteiger partial charge in [-0.3, -0.25) is 9.59 Å². The van der Waals surface area contributed by atoms with Gasteiger partial charge >= 0.3 is 0 Å². The van der Waals surface area contributed by atoms with Crippen LogP contribution in [-0.2, 0) is 4.79 Å². The van der Waals surface area contributed by atoms with E-state index < -0.39 is 11.7 Å². The summed E-state index contributed by atoms with van der Waals surface area (Å²) in [7, 11) is 0. The van der Waals surface area contributed by atoms with Crippen molar-refractivity contribution in [2.45, 2.75) is 0 Å². The van der Waals surface area contributed by atoms with Gasteiger partial charge in [-0.1, -0.05) is 11.6 Å². The molecule has 1 aromatic rings. The van der Waals surface area contributed by atoms with Gasteiger partial charge in [-0.25, -0.2) is 0 Å². The third-order valence-corrected chi connectivity index (χ3v) is 2.04. The highest BCUT2D eigenvalue weighted by Gasteiger charge is 2.30. The highest BCUT2D eigenvalue weighted by molar-refractivity contribution is 6.52. The molecule has 0 N–H and O–H groups in total. The Morgan fingerprint density at radius 2 is 2.00 bits per heavy atom. The average Bonchev–Trinajstić information content (AvgIpc) is 2.32. The molecule has 66 valence electrons. The number of hydrogen-bond donors (Lipinski definition) is 0. The summed E-state index contributed by atoms with van der Waals surface area (Å²) < 4.78 is 0. The maximum absolute atomic E-state index is 11.1. The average molecular weight is 197 g/mol. The van der Waals surface area contributed by atoms with Crippen LogP contribution in [0.4, 0.5) is 5.69 Å². The van der Waals surface area contributed by atoms with Crippen molar-refractivity contribution < 1.29 is 9.59 Å². The molecule has 0 aliphatic carbocycles. The summed E-state index contributed by atoms with van der Waals surface area (Å²) in [5.41, 5.74) is 0.145. The normalized spacial score (nSPS) is 15.1. The van der Waals surface area contributed by atoms with Crippen molar-refractivity contribution in [2.24, 2.45) is 0 Å². The van der Waals surface area contributed by atoms with Crippen molar-refractivity contribution in [2.75, 3.05) is 5.06 Å². The number of anilines is 1. The number of hydrogen-bond acceptors (Lipinski definition) is 3. The molecule has 1 heterocycles. The zero-order chi connectivity index (χ0) is 9.59. The number of halogens is 1. The minimum atomic E-state index is -1.06. The number of hydroxylamine groups is 1. The van der Waals surface area contributed by atoms with E-state index >= 15 is 0 Å². The van der Waals surface area contributed by atoms with Gasteiger partial charge in [-0.2, -0.15) is 0 Å². The lowest BCUT2D eigenvalue weighted by Gasteiger charge is -2.20. The van der Waals surface area contributed by atoms with Crippen LogP contribution in [0.15, 0.2) is 18.2 Å². The summed E-state index contributed by atoms with van der Waals surface area (Å²) >= 11 is 5.60. The topological polar surface area (TPSA) is 60.4 Å². The molecule has 0 radical (unpaired) electrons. The highest BCUT2D eigenvalue weighted by Crippen LogP contribution is 2.30. The molecule has 1 aliphatic heterocycles. The van der Waals surface area contributed by atoms with Crippen molar-refractivity contribution in [3.8, 4) is 0 Å². The van der Waals surface area contributed by atoms with Gasteiger partial charge in [0.25, 0.3) is 11.7 Å². The summed E-state index contributed by atoms with van der Waals surface area (Å²) in [6.45, 7) is 0. The monoisotopic (exact) mass is 196 g/mol.